The molecular weight excluding hydrogens is 240 g/mol. The Hall–Kier alpha value is -2.62. The fourth-order valence-corrected chi connectivity index (χ4v) is 2.15. The molecule has 3 rings (SSSR count). The molecule has 0 unspecified atom stereocenters. The summed E-state index contributed by atoms with van der Waals surface area (Å²) in [6, 6.07) is 11.5. The largest absolute Gasteiger partial charge is 0.477 e. The van der Waals surface area contributed by atoms with Crippen molar-refractivity contribution in [2.24, 2.45) is 7.05 Å². The highest BCUT2D eigenvalue weighted by Crippen LogP contribution is 2.24. The number of hydrogen-bond acceptors (Lipinski definition) is 2. The Kier molecular flexibility index (Phi) is 2.56. The minimum atomic E-state index is -1.01. The monoisotopic (exact) mass is 252 g/mol. The summed E-state index contributed by atoms with van der Waals surface area (Å²) in [5, 5.41) is 9.98. The van der Waals surface area contributed by atoms with E-state index < -0.39 is 5.97 Å². The van der Waals surface area contributed by atoms with Crippen molar-refractivity contribution >= 4 is 16.9 Å². The van der Waals surface area contributed by atoms with Crippen LogP contribution in [-0.2, 0) is 7.05 Å². The molecule has 0 radical (unpaired) electrons. The first kappa shape index (κ1) is 11.5. The quantitative estimate of drug-likeness (QED) is 0.763. The zero-order valence-corrected chi connectivity index (χ0v) is 10.4. The number of carboxylic acids is 1. The zero-order valence-electron chi connectivity index (χ0n) is 10.4. The summed E-state index contributed by atoms with van der Waals surface area (Å²) >= 11 is 0. The molecule has 1 aromatic carbocycles. The summed E-state index contributed by atoms with van der Waals surface area (Å²) in [6.07, 6.45) is 3.60. The number of benzene rings is 1. The van der Waals surface area contributed by atoms with Crippen molar-refractivity contribution in [3.8, 4) is 11.1 Å². The van der Waals surface area contributed by atoms with Gasteiger partial charge in [0.25, 0.3) is 0 Å². The maximum atomic E-state index is 10.8. The van der Waals surface area contributed by atoms with E-state index in [0.717, 1.165) is 16.5 Å². The first-order valence-corrected chi connectivity index (χ1v) is 5.90. The van der Waals surface area contributed by atoms with Crippen LogP contribution in [0.4, 0.5) is 0 Å². The molecule has 0 bridgehead atoms. The van der Waals surface area contributed by atoms with Crippen molar-refractivity contribution < 1.29 is 9.90 Å². The second-order valence-electron chi connectivity index (χ2n) is 4.44. The van der Waals surface area contributed by atoms with Crippen molar-refractivity contribution in [2.75, 3.05) is 0 Å². The second-order valence-corrected chi connectivity index (χ2v) is 4.44. The number of aromatic carboxylic acids is 1. The molecule has 0 atom stereocenters. The summed E-state index contributed by atoms with van der Waals surface area (Å²) in [7, 11) is 2.01. The van der Waals surface area contributed by atoms with Crippen LogP contribution in [0.2, 0.25) is 0 Å². The Morgan fingerprint density at radius 1 is 1.16 bits per heavy atom. The van der Waals surface area contributed by atoms with Gasteiger partial charge in [0.1, 0.15) is 5.69 Å². The summed E-state index contributed by atoms with van der Waals surface area (Å²) in [5.74, 6) is -1.01. The number of hydrogen-bond donors (Lipinski definition) is 1. The molecule has 4 heteroatoms. The number of rotatable bonds is 2. The predicted molar refractivity (Wildman–Crippen MR) is 73.1 cm³/mol. The lowest BCUT2D eigenvalue weighted by Gasteiger charge is -2.03. The standard InChI is InChI=1S/C15H12N2O2/c1-17-7-6-11-8-10(3-5-14(11)17)12-2-4-13(15(18)19)16-9-12/h2-9H,1H3,(H,18,19). The highest BCUT2D eigenvalue weighted by atomic mass is 16.4. The molecule has 0 spiro atoms. The van der Waals surface area contributed by atoms with E-state index in [0.29, 0.717) is 0 Å². The van der Waals surface area contributed by atoms with Gasteiger partial charge in [-0.2, -0.15) is 0 Å². The average molecular weight is 252 g/mol. The molecule has 1 N–H and O–H groups in total. The van der Waals surface area contributed by atoms with E-state index in [1.165, 1.54) is 11.6 Å². The third kappa shape index (κ3) is 1.97. The SMILES string of the molecule is Cn1ccc2cc(-c3ccc(C(=O)O)nc3)ccc21. The lowest BCUT2D eigenvalue weighted by molar-refractivity contribution is 0.0690. The molecule has 0 fully saturated rings. The Morgan fingerprint density at radius 2 is 1.95 bits per heavy atom. The van der Waals surface area contributed by atoms with E-state index in [2.05, 4.69) is 27.8 Å². The van der Waals surface area contributed by atoms with Gasteiger partial charge in [-0.15, -0.1) is 0 Å². The Morgan fingerprint density at radius 3 is 2.63 bits per heavy atom. The molecule has 0 aliphatic rings. The molecule has 0 saturated carbocycles. The molecule has 0 aliphatic heterocycles. The molecule has 94 valence electrons. The highest BCUT2D eigenvalue weighted by Gasteiger charge is 2.06. The van der Waals surface area contributed by atoms with E-state index in [4.69, 9.17) is 5.11 Å². The van der Waals surface area contributed by atoms with Crippen LogP contribution >= 0.6 is 0 Å². The molecular formula is C15H12N2O2. The van der Waals surface area contributed by atoms with E-state index in [1.807, 2.05) is 19.3 Å². The number of pyridine rings is 1. The fraction of sp³-hybridized carbons (Fsp3) is 0.0667. The van der Waals surface area contributed by atoms with Gasteiger partial charge in [0, 0.05) is 35.9 Å². The third-order valence-electron chi connectivity index (χ3n) is 3.20. The summed E-state index contributed by atoms with van der Waals surface area (Å²) in [5.41, 5.74) is 3.17. The minimum Gasteiger partial charge on any atom is -0.477 e. The Balaban J connectivity index is 2.05. The second kappa shape index (κ2) is 4.24. The molecule has 19 heavy (non-hydrogen) atoms. The molecule has 2 heterocycles. The fourth-order valence-electron chi connectivity index (χ4n) is 2.15. The van der Waals surface area contributed by atoms with Gasteiger partial charge in [-0.05, 0) is 29.8 Å². The predicted octanol–water partition coefficient (Wildman–Crippen LogP) is 2.94. The maximum Gasteiger partial charge on any atom is 0.354 e. The topological polar surface area (TPSA) is 55.1 Å². The summed E-state index contributed by atoms with van der Waals surface area (Å²) in [4.78, 5) is 14.7. The molecule has 0 aliphatic carbocycles. The van der Waals surface area contributed by atoms with Gasteiger partial charge in [0.05, 0.1) is 0 Å². The number of aryl methyl sites for hydroxylation is 1. The number of carboxylic acid groups (broad SMARTS) is 1. The van der Waals surface area contributed by atoms with Crippen LogP contribution < -0.4 is 0 Å². The Bertz CT molecular complexity index is 757. The Labute approximate surface area is 109 Å². The normalized spacial score (nSPS) is 10.8. The van der Waals surface area contributed by atoms with Crippen molar-refractivity contribution in [3.63, 3.8) is 0 Å². The van der Waals surface area contributed by atoms with E-state index in [1.54, 1.807) is 12.3 Å². The van der Waals surface area contributed by atoms with Crippen LogP contribution in [0.5, 0.6) is 0 Å². The van der Waals surface area contributed by atoms with Gasteiger partial charge >= 0.3 is 5.97 Å². The van der Waals surface area contributed by atoms with Gasteiger partial charge in [0.15, 0.2) is 0 Å². The number of aromatic nitrogens is 2. The zero-order chi connectivity index (χ0) is 13.4. The number of nitrogens with zero attached hydrogens (tertiary/aromatic N) is 2. The molecule has 4 nitrogen and oxygen atoms in total. The lowest BCUT2D eigenvalue weighted by atomic mass is 10.1. The van der Waals surface area contributed by atoms with Gasteiger partial charge in [-0.3, -0.25) is 0 Å². The average Bonchev–Trinajstić information content (AvgIpc) is 2.80. The van der Waals surface area contributed by atoms with Crippen molar-refractivity contribution in [2.45, 2.75) is 0 Å². The van der Waals surface area contributed by atoms with Crippen molar-refractivity contribution in [3.05, 3.63) is 54.5 Å². The summed E-state index contributed by atoms with van der Waals surface area (Å²) < 4.78 is 2.06. The van der Waals surface area contributed by atoms with Gasteiger partial charge < -0.3 is 9.67 Å². The maximum absolute atomic E-state index is 10.8. The molecule has 0 amide bonds. The minimum absolute atomic E-state index is 0.0598. The molecule has 2 aromatic heterocycles. The van der Waals surface area contributed by atoms with Gasteiger partial charge in [0.2, 0.25) is 0 Å². The first-order valence-electron chi connectivity index (χ1n) is 5.90. The smallest absolute Gasteiger partial charge is 0.354 e. The van der Waals surface area contributed by atoms with Crippen LogP contribution in [0.1, 0.15) is 10.5 Å². The van der Waals surface area contributed by atoms with Crippen LogP contribution in [0.25, 0.3) is 22.0 Å². The summed E-state index contributed by atoms with van der Waals surface area (Å²) in [6.45, 7) is 0. The van der Waals surface area contributed by atoms with Gasteiger partial charge in [-0.25, -0.2) is 9.78 Å². The van der Waals surface area contributed by atoms with Gasteiger partial charge in [-0.1, -0.05) is 12.1 Å². The number of fused-ring (bicyclic) bond motifs is 1. The van der Waals surface area contributed by atoms with Crippen LogP contribution in [0.3, 0.4) is 0 Å². The first-order chi connectivity index (χ1) is 9.15. The van der Waals surface area contributed by atoms with Crippen LogP contribution in [0.15, 0.2) is 48.8 Å². The van der Waals surface area contributed by atoms with E-state index in [-0.39, 0.29) is 5.69 Å². The van der Waals surface area contributed by atoms with E-state index in [9.17, 15) is 4.79 Å². The molecule has 3 aromatic rings. The lowest BCUT2D eigenvalue weighted by Crippen LogP contribution is -1.99. The highest BCUT2D eigenvalue weighted by molar-refractivity contribution is 5.87. The van der Waals surface area contributed by atoms with Crippen molar-refractivity contribution in [1.29, 1.82) is 0 Å². The van der Waals surface area contributed by atoms with Crippen LogP contribution in [0, 0.1) is 0 Å². The number of carbonyl (C=O) groups is 1. The van der Waals surface area contributed by atoms with E-state index >= 15 is 0 Å². The molecule has 0 saturated heterocycles. The van der Waals surface area contributed by atoms with Crippen LogP contribution in [-0.4, -0.2) is 20.6 Å². The third-order valence-corrected chi connectivity index (χ3v) is 3.20. The van der Waals surface area contributed by atoms with Crippen molar-refractivity contribution in [1.82, 2.24) is 9.55 Å².